The molecular weight excluding hydrogens is 407 g/mol. The maximum Gasteiger partial charge on any atom is 0.343 e. The molecule has 30 heavy (non-hydrogen) atoms. The first-order valence-electron chi connectivity index (χ1n) is 9.87. The Hall–Kier alpha value is -2.93. The highest BCUT2D eigenvalue weighted by molar-refractivity contribution is 6.31. The summed E-state index contributed by atoms with van der Waals surface area (Å²) in [6.07, 6.45) is 1.39. The molecule has 0 aliphatic carbocycles. The Labute approximate surface area is 178 Å². The van der Waals surface area contributed by atoms with E-state index in [4.69, 9.17) is 11.6 Å². The number of hydrogen-bond acceptors (Lipinski definition) is 3. The van der Waals surface area contributed by atoms with Crippen molar-refractivity contribution < 1.29 is 9.18 Å². The molecule has 0 bridgehead atoms. The molecule has 1 aromatic heterocycles. The van der Waals surface area contributed by atoms with E-state index in [9.17, 15) is 14.0 Å². The van der Waals surface area contributed by atoms with Crippen LogP contribution in [0.2, 0.25) is 5.02 Å². The van der Waals surface area contributed by atoms with Gasteiger partial charge in [0.1, 0.15) is 11.6 Å². The first-order chi connectivity index (χ1) is 14.4. The van der Waals surface area contributed by atoms with Crippen molar-refractivity contribution in [1.82, 2.24) is 19.7 Å². The van der Waals surface area contributed by atoms with Crippen molar-refractivity contribution in [3.05, 3.63) is 86.3 Å². The van der Waals surface area contributed by atoms with Gasteiger partial charge in [-0.2, -0.15) is 5.10 Å². The third kappa shape index (κ3) is 4.16. The molecule has 156 valence electrons. The molecule has 1 N–H and O–H groups in total. The predicted molar refractivity (Wildman–Crippen MR) is 112 cm³/mol. The van der Waals surface area contributed by atoms with Gasteiger partial charge < -0.3 is 4.90 Å². The fraction of sp³-hybridized carbons (Fsp3) is 0.318. The molecule has 1 amide bonds. The molecule has 1 aliphatic heterocycles. The minimum atomic E-state index is -0.544. The minimum Gasteiger partial charge on any atom is -0.339 e. The van der Waals surface area contributed by atoms with E-state index in [0.29, 0.717) is 38.0 Å². The van der Waals surface area contributed by atoms with Crippen LogP contribution in [0.3, 0.4) is 0 Å². The van der Waals surface area contributed by atoms with E-state index in [1.54, 1.807) is 9.47 Å². The summed E-state index contributed by atoms with van der Waals surface area (Å²) in [5, 5.41) is 6.77. The quantitative estimate of drug-likeness (QED) is 0.688. The summed E-state index contributed by atoms with van der Waals surface area (Å²) in [5.41, 5.74) is 2.34. The Kier molecular flexibility index (Phi) is 5.72. The molecule has 0 unspecified atom stereocenters. The lowest BCUT2D eigenvalue weighted by molar-refractivity contribution is 0.0710. The summed E-state index contributed by atoms with van der Waals surface area (Å²) in [7, 11) is 0. The van der Waals surface area contributed by atoms with Gasteiger partial charge in [-0.3, -0.25) is 9.36 Å². The third-order valence-electron chi connectivity index (χ3n) is 5.56. The number of aryl methyl sites for hydroxylation is 1. The summed E-state index contributed by atoms with van der Waals surface area (Å²) < 4.78 is 15.0. The van der Waals surface area contributed by atoms with Crippen molar-refractivity contribution in [2.75, 3.05) is 13.1 Å². The standard InChI is InChI=1S/C22H22ClFN4O2/c1-14-2-4-15(5-3-14)13-28-20(25-26-22(28)30)16-8-10-27(11-9-16)21(29)17-6-7-19(24)18(23)12-17/h2-7,12,16H,8-11,13H2,1H3,(H,26,30). The highest BCUT2D eigenvalue weighted by atomic mass is 35.5. The summed E-state index contributed by atoms with van der Waals surface area (Å²) in [5.74, 6) is 0.0826. The van der Waals surface area contributed by atoms with Gasteiger partial charge in [-0.15, -0.1) is 0 Å². The molecule has 0 atom stereocenters. The van der Waals surface area contributed by atoms with Crippen LogP contribution in [-0.4, -0.2) is 38.7 Å². The lowest BCUT2D eigenvalue weighted by Crippen LogP contribution is -2.38. The molecule has 2 aromatic carbocycles. The number of aromatic amines is 1. The smallest absolute Gasteiger partial charge is 0.339 e. The zero-order chi connectivity index (χ0) is 21.3. The summed E-state index contributed by atoms with van der Waals surface area (Å²) >= 11 is 5.81. The fourth-order valence-corrected chi connectivity index (χ4v) is 4.00. The van der Waals surface area contributed by atoms with Crippen LogP contribution in [0, 0.1) is 12.7 Å². The average Bonchev–Trinajstić information content (AvgIpc) is 3.11. The van der Waals surface area contributed by atoms with Crippen molar-refractivity contribution in [3.8, 4) is 0 Å². The van der Waals surface area contributed by atoms with Crippen LogP contribution in [0.1, 0.15) is 46.1 Å². The van der Waals surface area contributed by atoms with Crippen LogP contribution in [0.25, 0.3) is 0 Å². The molecule has 1 saturated heterocycles. The first-order valence-corrected chi connectivity index (χ1v) is 10.2. The molecular formula is C22H22ClFN4O2. The Bertz CT molecular complexity index is 1110. The van der Waals surface area contributed by atoms with Crippen molar-refractivity contribution >= 4 is 17.5 Å². The molecule has 8 heteroatoms. The Morgan fingerprint density at radius 3 is 2.57 bits per heavy atom. The first kappa shape index (κ1) is 20.3. The van der Waals surface area contributed by atoms with Crippen LogP contribution in [0.5, 0.6) is 0 Å². The number of piperidine rings is 1. The second kappa shape index (κ2) is 8.44. The lowest BCUT2D eigenvalue weighted by atomic mass is 9.95. The summed E-state index contributed by atoms with van der Waals surface area (Å²) in [4.78, 5) is 26.8. The van der Waals surface area contributed by atoms with Crippen molar-refractivity contribution in [3.63, 3.8) is 0 Å². The van der Waals surface area contributed by atoms with Gasteiger partial charge in [0.15, 0.2) is 0 Å². The molecule has 6 nitrogen and oxygen atoms in total. The number of carbonyl (C=O) groups excluding carboxylic acids is 1. The number of nitrogens with one attached hydrogen (secondary N) is 1. The van der Waals surface area contributed by atoms with Gasteiger partial charge >= 0.3 is 5.69 Å². The zero-order valence-electron chi connectivity index (χ0n) is 16.6. The molecule has 1 fully saturated rings. The molecule has 0 spiro atoms. The molecule has 3 aromatic rings. The van der Waals surface area contributed by atoms with Crippen molar-refractivity contribution in [2.45, 2.75) is 32.2 Å². The summed E-state index contributed by atoms with van der Waals surface area (Å²) in [6, 6.07) is 12.1. The van der Waals surface area contributed by atoms with Gasteiger partial charge in [0.25, 0.3) is 5.91 Å². The highest BCUT2D eigenvalue weighted by Gasteiger charge is 2.28. The van der Waals surface area contributed by atoms with E-state index in [2.05, 4.69) is 10.2 Å². The second-order valence-electron chi connectivity index (χ2n) is 7.65. The molecule has 2 heterocycles. The molecule has 0 radical (unpaired) electrons. The fourth-order valence-electron chi connectivity index (χ4n) is 3.82. The molecule has 4 rings (SSSR count). The third-order valence-corrected chi connectivity index (χ3v) is 5.85. The zero-order valence-corrected chi connectivity index (χ0v) is 17.3. The Morgan fingerprint density at radius 1 is 1.20 bits per heavy atom. The van der Waals surface area contributed by atoms with E-state index < -0.39 is 5.82 Å². The number of carbonyl (C=O) groups is 1. The number of benzene rings is 2. The van der Waals surface area contributed by atoms with Gasteiger partial charge in [-0.1, -0.05) is 41.4 Å². The van der Waals surface area contributed by atoms with Crippen molar-refractivity contribution in [1.29, 1.82) is 0 Å². The van der Waals surface area contributed by atoms with E-state index in [-0.39, 0.29) is 22.5 Å². The number of aromatic nitrogens is 3. The molecule has 1 aliphatic rings. The minimum absolute atomic E-state index is 0.0626. The number of amides is 1. The van der Waals surface area contributed by atoms with Crippen LogP contribution < -0.4 is 5.69 Å². The number of H-pyrrole nitrogens is 1. The second-order valence-corrected chi connectivity index (χ2v) is 8.06. The Balaban J connectivity index is 1.45. The largest absolute Gasteiger partial charge is 0.343 e. The van der Waals surface area contributed by atoms with Gasteiger partial charge in [0.2, 0.25) is 0 Å². The summed E-state index contributed by atoms with van der Waals surface area (Å²) in [6.45, 7) is 3.54. The SMILES string of the molecule is Cc1ccc(Cn2c(C3CCN(C(=O)c4ccc(F)c(Cl)c4)CC3)n[nH]c2=O)cc1. The average molecular weight is 429 g/mol. The van der Waals surface area contributed by atoms with Gasteiger partial charge in [0, 0.05) is 24.6 Å². The van der Waals surface area contributed by atoms with Gasteiger partial charge in [0.05, 0.1) is 11.6 Å². The van der Waals surface area contributed by atoms with Gasteiger partial charge in [-0.05, 0) is 43.5 Å². The number of hydrogen-bond donors (Lipinski definition) is 1. The number of nitrogens with zero attached hydrogens (tertiary/aromatic N) is 3. The Morgan fingerprint density at radius 2 is 1.90 bits per heavy atom. The van der Waals surface area contributed by atoms with Crippen LogP contribution in [0.4, 0.5) is 4.39 Å². The van der Waals surface area contributed by atoms with Crippen LogP contribution >= 0.6 is 11.6 Å². The van der Waals surface area contributed by atoms with Crippen LogP contribution in [0.15, 0.2) is 47.3 Å². The normalized spacial score (nSPS) is 14.8. The number of rotatable bonds is 4. The predicted octanol–water partition coefficient (Wildman–Crippen LogP) is 3.74. The van der Waals surface area contributed by atoms with E-state index in [0.717, 1.165) is 17.0 Å². The highest BCUT2D eigenvalue weighted by Crippen LogP contribution is 2.27. The maximum atomic E-state index is 13.4. The van der Waals surface area contributed by atoms with Crippen molar-refractivity contribution in [2.24, 2.45) is 0 Å². The van der Waals surface area contributed by atoms with E-state index >= 15 is 0 Å². The van der Waals surface area contributed by atoms with Gasteiger partial charge in [-0.25, -0.2) is 14.3 Å². The van der Waals surface area contributed by atoms with Crippen LogP contribution in [-0.2, 0) is 6.54 Å². The van der Waals surface area contributed by atoms with E-state index in [1.807, 2.05) is 31.2 Å². The number of likely N-dealkylation sites (tertiary alicyclic amines) is 1. The monoisotopic (exact) mass is 428 g/mol. The topological polar surface area (TPSA) is 71.0 Å². The molecule has 0 saturated carbocycles. The number of halogens is 2. The van der Waals surface area contributed by atoms with E-state index in [1.165, 1.54) is 18.2 Å². The maximum absolute atomic E-state index is 13.4. The lowest BCUT2D eigenvalue weighted by Gasteiger charge is -2.31.